The molecule has 0 saturated carbocycles. The number of thioether (sulfide) groups is 1. The summed E-state index contributed by atoms with van der Waals surface area (Å²) in [5.41, 5.74) is -0.333. The minimum atomic E-state index is -0.503. The van der Waals surface area contributed by atoms with Crippen molar-refractivity contribution in [3.63, 3.8) is 0 Å². The number of nitrogens with zero attached hydrogens (tertiary/aromatic N) is 5. The summed E-state index contributed by atoms with van der Waals surface area (Å²) in [6, 6.07) is 0. The van der Waals surface area contributed by atoms with Crippen molar-refractivity contribution in [1.82, 2.24) is 23.6 Å². The van der Waals surface area contributed by atoms with Crippen molar-refractivity contribution in [3.8, 4) is 0 Å². The highest BCUT2D eigenvalue weighted by Crippen LogP contribution is 2.28. The lowest BCUT2D eigenvalue weighted by Gasteiger charge is -2.17. The van der Waals surface area contributed by atoms with Crippen LogP contribution in [-0.4, -0.2) is 54.4 Å². The maximum atomic E-state index is 12.5. The van der Waals surface area contributed by atoms with Crippen LogP contribution in [0.4, 0.5) is 0 Å². The molecule has 0 aliphatic carbocycles. The van der Waals surface area contributed by atoms with E-state index in [1.165, 1.54) is 40.7 Å². The predicted molar refractivity (Wildman–Crippen MR) is 99.1 cm³/mol. The predicted octanol–water partition coefficient (Wildman–Crippen LogP) is -0.586. The van der Waals surface area contributed by atoms with Gasteiger partial charge in [-0.05, 0) is 6.92 Å². The Kier molecular flexibility index (Phi) is 5.22. The first-order chi connectivity index (χ1) is 12.8. The number of rotatable bonds is 5. The van der Waals surface area contributed by atoms with Crippen molar-refractivity contribution in [2.45, 2.75) is 13.5 Å². The number of fused-ring (bicyclic) bond motifs is 1. The van der Waals surface area contributed by atoms with Crippen LogP contribution in [0.25, 0.3) is 11.2 Å². The smallest absolute Gasteiger partial charge is 0.333 e. The van der Waals surface area contributed by atoms with E-state index in [9.17, 15) is 19.2 Å². The molecule has 0 N–H and O–H groups in total. The van der Waals surface area contributed by atoms with Crippen LogP contribution < -0.4 is 11.2 Å². The molecule has 2 aromatic rings. The molecule has 27 heavy (non-hydrogen) atoms. The molecule has 144 valence electrons. The van der Waals surface area contributed by atoms with Gasteiger partial charge in [0.05, 0.1) is 29.8 Å². The molecular weight excluding hydrogens is 374 g/mol. The first-order valence-electron chi connectivity index (χ1n) is 8.27. The van der Waals surface area contributed by atoms with Crippen molar-refractivity contribution in [1.29, 1.82) is 0 Å². The number of hydrogen-bond donors (Lipinski definition) is 0. The fraction of sp³-hybridized carbons (Fsp3) is 0.438. The largest absolute Gasteiger partial charge is 0.463 e. The second-order valence-corrected chi connectivity index (χ2v) is 6.88. The van der Waals surface area contributed by atoms with Gasteiger partial charge in [-0.3, -0.25) is 18.7 Å². The van der Waals surface area contributed by atoms with Crippen LogP contribution >= 0.6 is 11.8 Å². The van der Waals surface area contributed by atoms with E-state index in [1.807, 2.05) is 0 Å². The molecule has 10 nitrogen and oxygen atoms in total. The van der Waals surface area contributed by atoms with Crippen LogP contribution in [0, 0.1) is 0 Å². The number of carbonyl (C=O) groups excluding carboxylic acids is 2. The van der Waals surface area contributed by atoms with Crippen molar-refractivity contribution < 1.29 is 14.3 Å². The van der Waals surface area contributed by atoms with Crippen LogP contribution in [0.1, 0.15) is 6.92 Å². The third-order valence-corrected chi connectivity index (χ3v) is 5.25. The third-order valence-electron chi connectivity index (χ3n) is 4.22. The minimum Gasteiger partial charge on any atom is -0.463 e. The molecule has 2 aromatic heterocycles. The van der Waals surface area contributed by atoms with E-state index < -0.39 is 17.2 Å². The molecule has 0 bridgehead atoms. The molecule has 1 amide bonds. The zero-order valence-corrected chi connectivity index (χ0v) is 16.0. The number of amides is 1. The van der Waals surface area contributed by atoms with E-state index in [0.717, 1.165) is 4.57 Å². The first-order valence-corrected chi connectivity index (χ1v) is 9.26. The van der Waals surface area contributed by atoms with Gasteiger partial charge in [-0.15, -0.1) is 0 Å². The molecule has 1 aliphatic rings. The molecule has 3 heterocycles. The molecular formula is C16H19N5O5S. The lowest BCUT2D eigenvalue weighted by Crippen LogP contribution is -2.38. The van der Waals surface area contributed by atoms with E-state index in [4.69, 9.17) is 4.74 Å². The summed E-state index contributed by atoms with van der Waals surface area (Å²) in [6.07, 6.45) is 2.77. The number of aryl methyl sites for hydroxylation is 1. The lowest BCUT2D eigenvalue weighted by molar-refractivity contribution is -0.137. The molecule has 0 unspecified atom stereocenters. The van der Waals surface area contributed by atoms with Gasteiger partial charge >= 0.3 is 11.7 Å². The standard InChI is InChI=1S/C16H19N5O5S/c1-4-26-12(23)7-11-21(10(22)8-27-11)6-5-20-9-17-14-13(20)15(24)19(3)16(25)18(14)2/h7,9H,4-6,8H2,1-3H3/b11-7-. The molecule has 1 aliphatic heterocycles. The molecule has 3 rings (SSSR count). The molecule has 1 fully saturated rings. The molecule has 0 spiro atoms. The summed E-state index contributed by atoms with van der Waals surface area (Å²) in [5, 5.41) is 0.517. The number of aromatic nitrogens is 4. The summed E-state index contributed by atoms with van der Waals surface area (Å²) >= 11 is 1.26. The van der Waals surface area contributed by atoms with Gasteiger partial charge in [-0.25, -0.2) is 14.6 Å². The summed E-state index contributed by atoms with van der Waals surface area (Å²) in [6.45, 7) is 2.51. The van der Waals surface area contributed by atoms with E-state index >= 15 is 0 Å². The number of carbonyl (C=O) groups is 2. The van der Waals surface area contributed by atoms with Crippen LogP contribution in [-0.2, 0) is 35.0 Å². The summed E-state index contributed by atoms with van der Waals surface area (Å²) in [7, 11) is 2.95. The van der Waals surface area contributed by atoms with E-state index in [-0.39, 0.29) is 42.5 Å². The van der Waals surface area contributed by atoms with Gasteiger partial charge in [-0.1, -0.05) is 11.8 Å². The number of esters is 1. The third kappa shape index (κ3) is 3.42. The lowest BCUT2D eigenvalue weighted by atomic mass is 10.4. The molecule has 1 saturated heterocycles. The Morgan fingerprint density at radius 1 is 1.26 bits per heavy atom. The van der Waals surface area contributed by atoms with Gasteiger partial charge in [-0.2, -0.15) is 0 Å². The van der Waals surface area contributed by atoms with Gasteiger partial charge in [0.15, 0.2) is 11.2 Å². The maximum Gasteiger partial charge on any atom is 0.333 e. The van der Waals surface area contributed by atoms with Crippen LogP contribution in [0.15, 0.2) is 27.0 Å². The second-order valence-electron chi connectivity index (χ2n) is 5.88. The highest BCUT2D eigenvalue weighted by molar-refractivity contribution is 8.04. The molecule has 0 aromatic carbocycles. The average Bonchev–Trinajstić information content (AvgIpc) is 3.20. The highest BCUT2D eigenvalue weighted by atomic mass is 32.2. The quantitative estimate of drug-likeness (QED) is 0.494. The molecule has 11 heteroatoms. The molecule has 0 atom stereocenters. The van der Waals surface area contributed by atoms with Gasteiger partial charge in [0, 0.05) is 27.2 Å². The Morgan fingerprint density at radius 2 is 2.00 bits per heavy atom. The Morgan fingerprint density at radius 3 is 2.70 bits per heavy atom. The minimum absolute atomic E-state index is 0.125. The van der Waals surface area contributed by atoms with E-state index in [2.05, 4.69) is 4.98 Å². The average molecular weight is 393 g/mol. The fourth-order valence-corrected chi connectivity index (χ4v) is 3.78. The Labute approximate surface area is 158 Å². The van der Waals surface area contributed by atoms with Gasteiger partial charge in [0.25, 0.3) is 5.56 Å². The zero-order valence-electron chi connectivity index (χ0n) is 15.2. The normalized spacial score (nSPS) is 15.9. The van der Waals surface area contributed by atoms with Gasteiger partial charge in [0.2, 0.25) is 5.91 Å². The fourth-order valence-electron chi connectivity index (χ4n) is 2.83. The summed E-state index contributed by atoms with van der Waals surface area (Å²) < 4.78 is 8.82. The van der Waals surface area contributed by atoms with Crippen molar-refractivity contribution >= 4 is 34.8 Å². The van der Waals surface area contributed by atoms with E-state index in [0.29, 0.717) is 5.03 Å². The first kappa shape index (κ1) is 19.0. The van der Waals surface area contributed by atoms with Crippen molar-refractivity contribution in [3.05, 3.63) is 38.3 Å². The zero-order chi connectivity index (χ0) is 19.7. The van der Waals surface area contributed by atoms with Gasteiger partial charge in [0.1, 0.15) is 0 Å². The summed E-state index contributed by atoms with van der Waals surface area (Å²) in [5.74, 6) is -0.386. The second kappa shape index (κ2) is 7.43. The molecule has 0 radical (unpaired) electrons. The highest BCUT2D eigenvalue weighted by Gasteiger charge is 2.27. The topological polar surface area (TPSA) is 108 Å². The Hall–Kier alpha value is -2.82. The van der Waals surface area contributed by atoms with E-state index in [1.54, 1.807) is 18.5 Å². The SMILES string of the molecule is CCOC(=O)/C=C1\SCC(=O)N1CCn1cnc2c1c(=O)n(C)c(=O)n2C. The number of ether oxygens (including phenoxy) is 1. The summed E-state index contributed by atoms with van der Waals surface area (Å²) in [4.78, 5) is 53.9. The van der Waals surface area contributed by atoms with Crippen LogP contribution in [0.3, 0.4) is 0 Å². The van der Waals surface area contributed by atoms with Gasteiger partial charge < -0.3 is 14.2 Å². The maximum absolute atomic E-state index is 12.5. The van der Waals surface area contributed by atoms with Crippen molar-refractivity contribution in [2.75, 3.05) is 18.9 Å². The van der Waals surface area contributed by atoms with Crippen LogP contribution in [0.2, 0.25) is 0 Å². The Balaban J connectivity index is 1.88. The Bertz CT molecular complexity index is 1060. The van der Waals surface area contributed by atoms with Crippen molar-refractivity contribution in [2.24, 2.45) is 14.1 Å². The van der Waals surface area contributed by atoms with Crippen LogP contribution in [0.5, 0.6) is 0 Å². The monoisotopic (exact) mass is 393 g/mol. The number of imidazole rings is 1. The number of hydrogen-bond acceptors (Lipinski definition) is 7.